The molecule has 2 N–H and O–H groups in total. The van der Waals surface area contributed by atoms with Crippen molar-refractivity contribution in [3.05, 3.63) is 115 Å². The quantitative estimate of drug-likeness (QED) is 0.359. The van der Waals surface area contributed by atoms with Crippen LogP contribution in [0.15, 0.2) is 82.4 Å². The highest BCUT2D eigenvalue weighted by atomic mass is 35.5. The highest BCUT2D eigenvalue weighted by molar-refractivity contribution is 6.34. The Hall–Kier alpha value is -4.02. The molecule has 11 heteroatoms. The number of rotatable bonds is 6. The lowest BCUT2D eigenvalue weighted by molar-refractivity contribution is -0.138. The first-order chi connectivity index (χ1) is 18.6. The Morgan fingerprint density at radius 3 is 2.44 bits per heavy atom. The zero-order chi connectivity index (χ0) is 27.9. The summed E-state index contributed by atoms with van der Waals surface area (Å²) in [5.41, 5.74) is 4.52. The number of nitrogens with two attached hydrogens (primary N) is 1. The van der Waals surface area contributed by atoms with Crippen molar-refractivity contribution < 1.29 is 22.6 Å². The number of fused-ring (bicyclic) bond motifs is 1. The van der Waals surface area contributed by atoms with Gasteiger partial charge >= 0.3 is 11.9 Å². The van der Waals surface area contributed by atoms with Crippen molar-refractivity contribution >= 4 is 11.6 Å². The largest absolute Gasteiger partial charge is 0.495 e. The molecule has 39 heavy (non-hydrogen) atoms. The lowest BCUT2D eigenvalue weighted by Gasteiger charge is -2.21. The summed E-state index contributed by atoms with van der Waals surface area (Å²) < 4.78 is 54.9. The van der Waals surface area contributed by atoms with Crippen molar-refractivity contribution in [1.82, 2.24) is 9.13 Å². The summed E-state index contributed by atoms with van der Waals surface area (Å²) >= 11 is 6.56. The normalized spacial score (nSPS) is 15.5. The van der Waals surface area contributed by atoms with Gasteiger partial charge in [-0.25, -0.2) is 4.79 Å². The summed E-state index contributed by atoms with van der Waals surface area (Å²) in [4.78, 5) is 27.7. The van der Waals surface area contributed by atoms with Gasteiger partial charge in [-0.05, 0) is 23.3 Å². The van der Waals surface area contributed by atoms with Crippen LogP contribution in [0.3, 0.4) is 0 Å². The summed E-state index contributed by atoms with van der Waals surface area (Å²) in [5, 5.41) is 0.0835. The molecule has 0 fully saturated rings. The van der Waals surface area contributed by atoms with Crippen molar-refractivity contribution in [2.75, 3.05) is 13.7 Å². The van der Waals surface area contributed by atoms with Gasteiger partial charge in [0.25, 0.3) is 5.56 Å². The number of alkyl halides is 3. The molecule has 0 radical (unpaired) electrons. The predicted octanol–water partition coefficient (Wildman–Crippen LogP) is 5.04. The summed E-state index contributed by atoms with van der Waals surface area (Å²) in [6.07, 6.45) is -4.67. The Balaban J connectivity index is 1.78. The highest BCUT2D eigenvalue weighted by Gasteiger charge is 2.40. The Labute approximate surface area is 225 Å². The summed E-state index contributed by atoms with van der Waals surface area (Å²) in [7, 11) is 1.41. The number of halogens is 4. The molecular weight excluding hydrogens is 535 g/mol. The molecule has 0 saturated heterocycles. The molecule has 1 aliphatic rings. The van der Waals surface area contributed by atoms with Gasteiger partial charge in [-0.1, -0.05) is 72.3 Å². The van der Waals surface area contributed by atoms with Crippen LogP contribution >= 0.6 is 11.6 Å². The first kappa shape index (κ1) is 26.6. The number of nitrogens with zero attached hydrogens (tertiary/aromatic N) is 2. The van der Waals surface area contributed by atoms with Gasteiger partial charge in [0.1, 0.15) is 24.0 Å². The Morgan fingerprint density at radius 2 is 1.74 bits per heavy atom. The van der Waals surface area contributed by atoms with Crippen LogP contribution in [0.5, 0.6) is 11.6 Å². The molecule has 1 aliphatic heterocycles. The van der Waals surface area contributed by atoms with Crippen LogP contribution < -0.4 is 26.5 Å². The van der Waals surface area contributed by atoms with Gasteiger partial charge in [0.05, 0.1) is 24.2 Å². The van der Waals surface area contributed by atoms with Crippen LogP contribution in [-0.4, -0.2) is 22.9 Å². The molecule has 0 saturated carbocycles. The maximum Gasteiger partial charge on any atom is 0.416 e. The number of aromatic nitrogens is 2. The fourth-order valence-corrected chi connectivity index (χ4v) is 5.13. The number of hydrogen-bond donors (Lipinski definition) is 1. The first-order valence-electron chi connectivity index (χ1n) is 11.9. The summed E-state index contributed by atoms with van der Waals surface area (Å²) in [6, 6.07) is 16.6. The van der Waals surface area contributed by atoms with E-state index in [-0.39, 0.29) is 46.5 Å². The Kier molecular flexibility index (Phi) is 7.00. The zero-order valence-electron chi connectivity index (χ0n) is 20.6. The fourth-order valence-electron chi connectivity index (χ4n) is 4.83. The number of ether oxygens (including phenoxy) is 2. The Bertz CT molecular complexity index is 1650. The van der Waals surface area contributed by atoms with Gasteiger partial charge < -0.3 is 15.2 Å². The van der Waals surface area contributed by atoms with E-state index in [4.69, 9.17) is 26.8 Å². The van der Waals surface area contributed by atoms with Crippen LogP contribution in [-0.2, 0) is 12.7 Å². The topological polar surface area (TPSA) is 88.5 Å². The molecule has 202 valence electrons. The van der Waals surface area contributed by atoms with E-state index in [1.807, 2.05) is 0 Å². The minimum absolute atomic E-state index is 0.0780. The first-order valence-corrected chi connectivity index (χ1v) is 12.3. The van der Waals surface area contributed by atoms with Crippen molar-refractivity contribution in [2.45, 2.75) is 24.8 Å². The van der Waals surface area contributed by atoms with Gasteiger partial charge in [-0.2, -0.15) is 13.2 Å². The minimum Gasteiger partial charge on any atom is -0.495 e. The highest BCUT2D eigenvalue weighted by Crippen LogP contribution is 2.43. The zero-order valence-corrected chi connectivity index (χ0v) is 21.4. The average Bonchev–Trinajstić information content (AvgIpc) is 3.37. The molecular formula is C28H23ClF3N3O4. The van der Waals surface area contributed by atoms with Gasteiger partial charge in [0, 0.05) is 11.6 Å². The van der Waals surface area contributed by atoms with Crippen LogP contribution in [0.25, 0.3) is 11.1 Å². The van der Waals surface area contributed by atoms with Crippen molar-refractivity contribution in [1.29, 1.82) is 0 Å². The number of benzene rings is 3. The molecule has 0 amide bonds. The second-order valence-corrected chi connectivity index (χ2v) is 9.38. The van der Waals surface area contributed by atoms with E-state index in [9.17, 15) is 22.8 Å². The smallest absolute Gasteiger partial charge is 0.416 e. The lowest BCUT2D eigenvalue weighted by Crippen LogP contribution is -2.43. The standard InChI is InChI=1S/C28H23ClF3N3O4/c1-38-22-13-7-11-18(24(22)29)23-25(36)34(14-20(33)16-8-3-2-4-9-16)27(37)35-21(15-39-26(23)35)17-10-5-6-12-19(17)28(30,31)32/h2-13,20-21H,14-15,33H2,1H3. The second-order valence-electron chi connectivity index (χ2n) is 9.00. The van der Waals surface area contributed by atoms with Gasteiger partial charge in [0.2, 0.25) is 5.88 Å². The van der Waals surface area contributed by atoms with Crippen LogP contribution in [0, 0.1) is 0 Å². The van der Waals surface area contributed by atoms with Crippen LogP contribution in [0.1, 0.15) is 28.8 Å². The van der Waals surface area contributed by atoms with Gasteiger partial charge in [-0.15, -0.1) is 0 Å². The third kappa shape index (κ3) is 4.70. The molecule has 2 heterocycles. The van der Waals surface area contributed by atoms with E-state index < -0.39 is 35.1 Å². The summed E-state index contributed by atoms with van der Waals surface area (Å²) in [5.74, 6) is 0.0923. The molecule has 2 unspecified atom stereocenters. The average molecular weight is 558 g/mol. The van der Waals surface area contributed by atoms with Crippen molar-refractivity contribution in [3.63, 3.8) is 0 Å². The maximum absolute atomic E-state index is 13.9. The third-order valence-corrected chi connectivity index (χ3v) is 7.09. The minimum atomic E-state index is -4.67. The summed E-state index contributed by atoms with van der Waals surface area (Å²) in [6.45, 7) is -0.532. The SMILES string of the molecule is COc1cccc(-c2c3n(c(=O)n(CC(N)c4ccccc4)c2=O)C(c2ccccc2C(F)(F)F)CO3)c1Cl. The van der Waals surface area contributed by atoms with E-state index in [0.717, 1.165) is 15.2 Å². The van der Waals surface area contributed by atoms with Crippen LogP contribution in [0.4, 0.5) is 13.2 Å². The molecule has 1 aromatic heterocycles. The van der Waals surface area contributed by atoms with E-state index in [0.29, 0.717) is 5.56 Å². The molecule has 4 aromatic rings. The van der Waals surface area contributed by atoms with E-state index in [1.54, 1.807) is 48.5 Å². The van der Waals surface area contributed by atoms with Crippen molar-refractivity contribution in [2.24, 2.45) is 5.73 Å². The predicted molar refractivity (Wildman–Crippen MR) is 140 cm³/mol. The second kappa shape index (κ2) is 10.3. The van der Waals surface area contributed by atoms with Crippen LogP contribution in [0.2, 0.25) is 5.02 Å². The third-order valence-electron chi connectivity index (χ3n) is 6.70. The molecule has 0 aliphatic carbocycles. The number of methoxy groups -OCH3 is 1. The van der Waals surface area contributed by atoms with E-state index in [2.05, 4.69) is 0 Å². The molecule has 2 atom stereocenters. The maximum atomic E-state index is 13.9. The van der Waals surface area contributed by atoms with Gasteiger partial charge in [0.15, 0.2) is 0 Å². The fraction of sp³-hybridized carbons (Fsp3) is 0.214. The molecule has 7 nitrogen and oxygen atoms in total. The molecule has 0 bridgehead atoms. The Morgan fingerprint density at radius 1 is 1.05 bits per heavy atom. The lowest BCUT2D eigenvalue weighted by atomic mass is 10.00. The molecule has 3 aromatic carbocycles. The van der Waals surface area contributed by atoms with Crippen molar-refractivity contribution in [3.8, 4) is 22.8 Å². The monoisotopic (exact) mass is 557 g/mol. The van der Waals surface area contributed by atoms with Gasteiger partial charge in [-0.3, -0.25) is 13.9 Å². The van der Waals surface area contributed by atoms with E-state index >= 15 is 0 Å². The molecule has 5 rings (SSSR count). The van der Waals surface area contributed by atoms with E-state index in [1.165, 1.54) is 25.3 Å². The number of hydrogen-bond acceptors (Lipinski definition) is 5. The molecule has 0 spiro atoms.